The minimum absolute atomic E-state index is 0.0816. The second kappa shape index (κ2) is 7.32. The van der Waals surface area contributed by atoms with Crippen LogP contribution in [0.1, 0.15) is 22.6 Å². The Bertz CT molecular complexity index is 1460. The number of nitrogens with zero attached hydrogens (tertiary/aromatic N) is 6. The molecule has 0 atom stereocenters. The van der Waals surface area contributed by atoms with Crippen molar-refractivity contribution in [2.24, 2.45) is 0 Å². The van der Waals surface area contributed by atoms with E-state index in [2.05, 4.69) is 26.4 Å². The summed E-state index contributed by atoms with van der Waals surface area (Å²) in [4.78, 5) is 17.4. The summed E-state index contributed by atoms with van der Waals surface area (Å²) in [5.74, 6) is 0.786. The zero-order valence-electron chi connectivity index (χ0n) is 17.4. The summed E-state index contributed by atoms with van der Waals surface area (Å²) in [7, 11) is 0. The van der Waals surface area contributed by atoms with Crippen molar-refractivity contribution in [3.8, 4) is 22.6 Å². The number of aryl methyl sites for hydroxylation is 3. The van der Waals surface area contributed by atoms with Gasteiger partial charge in [0.05, 0.1) is 5.69 Å². The van der Waals surface area contributed by atoms with E-state index in [0.717, 1.165) is 27.9 Å². The van der Waals surface area contributed by atoms with Crippen LogP contribution in [0.4, 0.5) is 0 Å². The van der Waals surface area contributed by atoms with Crippen LogP contribution in [0.2, 0.25) is 0 Å². The van der Waals surface area contributed by atoms with Gasteiger partial charge in [0.25, 0.3) is 5.56 Å². The Kier molecular flexibility index (Phi) is 4.47. The van der Waals surface area contributed by atoms with E-state index in [1.54, 1.807) is 6.07 Å². The summed E-state index contributed by atoms with van der Waals surface area (Å²) < 4.78 is 8.14. The van der Waals surface area contributed by atoms with Crippen molar-refractivity contribution in [1.29, 1.82) is 0 Å². The van der Waals surface area contributed by atoms with E-state index >= 15 is 0 Å². The van der Waals surface area contributed by atoms with Gasteiger partial charge in [0.15, 0.2) is 0 Å². The topological polar surface area (TPSA) is 91.1 Å². The Hall–Kier alpha value is -4.07. The highest BCUT2D eigenvalue weighted by atomic mass is 16.5. The minimum atomic E-state index is -0.277. The van der Waals surface area contributed by atoms with Crippen LogP contribution in [-0.4, -0.2) is 29.5 Å². The molecule has 0 saturated heterocycles. The molecule has 3 aromatic heterocycles. The van der Waals surface area contributed by atoms with Crippen LogP contribution in [0.15, 0.2) is 64.2 Å². The fourth-order valence-corrected chi connectivity index (χ4v) is 3.55. The molecule has 0 aliphatic heterocycles. The van der Waals surface area contributed by atoms with Crippen molar-refractivity contribution in [2.45, 2.75) is 27.3 Å². The van der Waals surface area contributed by atoms with Gasteiger partial charge in [0.2, 0.25) is 11.7 Å². The molecule has 8 heteroatoms. The molecular weight excluding hydrogens is 392 g/mol. The predicted molar refractivity (Wildman–Crippen MR) is 116 cm³/mol. The average molecular weight is 412 g/mol. The van der Waals surface area contributed by atoms with Crippen LogP contribution in [0.5, 0.6) is 0 Å². The summed E-state index contributed by atoms with van der Waals surface area (Å²) in [6.07, 6.45) is 1.51. The summed E-state index contributed by atoms with van der Waals surface area (Å²) in [6, 6.07) is 15.8. The number of rotatable bonds is 4. The van der Waals surface area contributed by atoms with E-state index in [0.29, 0.717) is 17.2 Å². The molecule has 0 unspecified atom stereocenters. The maximum Gasteiger partial charge on any atom is 0.293 e. The van der Waals surface area contributed by atoms with Crippen molar-refractivity contribution in [2.75, 3.05) is 0 Å². The zero-order chi connectivity index (χ0) is 21.5. The second-order valence-electron chi connectivity index (χ2n) is 7.65. The van der Waals surface area contributed by atoms with Gasteiger partial charge in [-0.05, 0) is 32.4 Å². The Labute approximate surface area is 177 Å². The molecular formula is C23H20N6O2. The van der Waals surface area contributed by atoms with Gasteiger partial charge in [-0.3, -0.25) is 4.79 Å². The first-order valence-corrected chi connectivity index (χ1v) is 9.91. The molecule has 5 rings (SSSR count). The van der Waals surface area contributed by atoms with Crippen LogP contribution in [-0.2, 0) is 6.54 Å². The Morgan fingerprint density at radius 1 is 0.968 bits per heavy atom. The van der Waals surface area contributed by atoms with E-state index in [1.807, 2.05) is 57.2 Å². The highest BCUT2D eigenvalue weighted by molar-refractivity contribution is 5.68. The average Bonchev–Trinajstić information content (AvgIpc) is 3.38. The number of hydrogen-bond acceptors (Lipinski definition) is 6. The van der Waals surface area contributed by atoms with Gasteiger partial charge < -0.3 is 4.52 Å². The van der Waals surface area contributed by atoms with Crippen molar-refractivity contribution < 1.29 is 4.52 Å². The highest BCUT2D eigenvalue weighted by Gasteiger charge is 2.14. The molecule has 2 aromatic carbocycles. The highest BCUT2D eigenvalue weighted by Crippen LogP contribution is 2.23. The number of hydrogen-bond donors (Lipinski definition) is 0. The molecule has 0 N–H and O–H groups in total. The first kappa shape index (κ1) is 18.9. The molecule has 0 aliphatic carbocycles. The van der Waals surface area contributed by atoms with E-state index in [1.165, 1.54) is 21.1 Å². The SMILES string of the molecule is Cc1ccc(-c2noc(Cn3ncn4nc(-c5ccc(C)cc5C)cc4c3=O)n2)cc1. The van der Waals surface area contributed by atoms with E-state index in [4.69, 9.17) is 4.52 Å². The monoisotopic (exact) mass is 412 g/mol. The molecule has 5 aromatic rings. The van der Waals surface area contributed by atoms with Crippen LogP contribution in [0.25, 0.3) is 28.2 Å². The molecule has 0 fully saturated rings. The Balaban J connectivity index is 1.47. The maximum absolute atomic E-state index is 13.0. The standard InChI is InChI=1S/C23H20N6O2/c1-14-4-7-17(8-5-14)22-25-21(31-27-22)12-28-23(30)20-11-19(26-29(20)13-24-28)18-9-6-15(2)10-16(18)3/h4-11,13H,12H2,1-3H3. The van der Waals surface area contributed by atoms with Crippen molar-refractivity contribution in [1.82, 2.24) is 29.5 Å². The van der Waals surface area contributed by atoms with E-state index in [9.17, 15) is 4.79 Å². The van der Waals surface area contributed by atoms with Gasteiger partial charge in [-0.2, -0.15) is 15.2 Å². The number of benzene rings is 2. The molecule has 0 spiro atoms. The normalized spacial score (nSPS) is 11.3. The van der Waals surface area contributed by atoms with Crippen LogP contribution >= 0.6 is 0 Å². The van der Waals surface area contributed by atoms with Gasteiger partial charge in [-0.25, -0.2) is 9.20 Å². The lowest BCUT2D eigenvalue weighted by Crippen LogP contribution is -2.25. The summed E-state index contributed by atoms with van der Waals surface area (Å²) >= 11 is 0. The third-order valence-corrected chi connectivity index (χ3v) is 5.21. The Morgan fingerprint density at radius 2 is 1.74 bits per heavy atom. The molecule has 0 aliphatic rings. The van der Waals surface area contributed by atoms with E-state index < -0.39 is 0 Å². The quantitative estimate of drug-likeness (QED) is 0.448. The van der Waals surface area contributed by atoms with Gasteiger partial charge in [0, 0.05) is 11.1 Å². The predicted octanol–water partition coefficient (Wildman–Crippen LogP) is 3.58. The summed E-state index contributed by atoms with van der Waals surface area (Å²) in [5, 5.41) is 12.8. The lowest BCUT2D eigenvalue weighted by Gasteiger charge is -2.02. The smallest absolute Gasteiger partial charge is 0.293 e. The molecule has 0 amide bonds. The van der Waals surface area contributed by atoms with Gasteiger partial charge in [0.1, 0.15) is 18.4 Å². The number of aromatic nitrogens is 6. The lowest BCUT2D eigenvalue weighted by molar-refractivity contribution is 0.362. The largest absolute Gasteiger partial charge is 0.337 e. The molecule has 3 heterocycles. The molecule has 154 valence electrons. The third-order valence-electron chi connectivity index (χ3n) is 5.21. The van der Waals surface area contributed by atoms with Gasteiger partial charge in [-0.1, -0.05) is 58.7 Å². The van der Waals surface area contributed by atoms with Crippen LogP contribution in [0, 0.1) is 20.8 Å². The number of fused-ring (bicyclic) bond motifs is 1. The summed E-state index contributed by atoms with van der Waals surface area (Å²) in [6.45, 7) is 6.18. The first-order chi connectivity index (χ1) is 15.0. The lowest BCUT2D eigenvalue weighted by atomic mass is 10.0. The van der Waals surface area contributed by atoms with Crippen molar-refractivity contribution in [3.05, 3.63) is 87.8 Å². The third kappa shape index (κ3) is 3.52. The fourth-order valence-electron chi connectivity index (χ4n) is 3.55. The first-order valence-electron chi connectivity index (χ1n) is 9.91. The van der Waals surface area contributed by atoms with Crippen LogP contribution < -0.4 is 5.56 Å². The van der Waals surface area contributed by atoms with Crippen LogP contribution in [0.3, 0.4) is 0 Å². The molecule has 8 nitrogen and oxygen atoms in total. The Morgan fingerprint density at radius 3 is 2.52 bits per heavy atom. The molecule has 0 bridgehead atoms. The van der Waals surface area contributed by atoms with Gasteiger partial charge >= 0.3 is 0 Å². The van der Waals surface area contributed by atoms with Crippen molar-refractivity contribution >= 4 is 5.52 Å². The summed E-state index contributed by atoms with van der Waals surface area (Å²) in [5.41, 5.74) is 6.16. The van der Waals surface area contributed by atoms with E-state index in [-0.39, 0.29) is 12.1 Å². The zero-order valence-corrected chi connectivity index (χ0v) is 17.4. The molecule has 0 radical (unpaired) electrons. The van der Waals surface area contributed by atoms with Gasteiger partial charge in [-0.15, -0.1) is 0 Å². The van der Waals surface area contributed by atoms with Crippen molar-refractivity contribution in [3.63, 3.8) is 0 Å². The second-order valence-corrected chi connectivity index (χ2v) is 7.65. The fraction of sp³-hybridized carbons (Fsp3) is 0.174. The maximum atomic E-state index is 13.0. The molecule has 31 heavy (non-hydrogen) atoms. The minimum Gasteiger partial charge on any atom is -0.337 e. The molecule has 0 saturated carbocycles.